The minimum absolute atomic E-state index is 0.778. The second-order valence-corrected chi connectivity index (χ2v) is 9.30. The van der Waals surface area contributed by atoms with Crippen molar-refractivity contribution in [1.29, 1.82) is 0 Å². The van der Waals surface area contributed by atoms with Gasteiger partial charge in [-0.2, -0.15) is 4.57 Å². The molecule has 36 heavy (non-hydrogen) atoms. The molecule has 0 atom stereocenters. The zero-order chi connectivity index (χ0) is 23.9. The Labute approximate surface area is 210 Å². The highest BCUT2D eigenvalue weighted by molar-refractivity contribution is 5.96. The standard InChI is InChI=1S/C32H26N3O/c1-2-9-25(10-3-1)35-29-13-5-4-12-28(29)33-32(35)24-16-14-23(15-17-24)26-18-19-30-31-27(26)11-8-21-34(31)20-6-7-22-36-30/h1-5,8-19,21H,6-7,20,22H2/q+1. The lowest BCUT2D eigenvalue weighted by Crippen LogP contribution is -2.35. The summed E-state index contributed by atoms with van der Waals surface area (Å²) in [7, 11) is 0. The van der Waals surface area contributed by atoms with Crippen LogP contribution in [0.3, 0.4) is 0 Å². The Kier molecular flexibility index (Phi) is 5.02. The number of hydrogen-bond acceptors (Lipinski definition) is 2. The number of para-hydroxylation sites is 3. The van der Waals surface area contributed by atoms with Gasteiger partial charge in [0, 0.05) is 23.7 Å². The summed E-state index contributed by atoms with van der Waals surface area (Å²) in [6.07, 6.45) is 4.38. The molecule has 7 rings (SSSR count). The predicted molar refractivity (Wildman–Crippen MR) is 144 cm³/mol. The molecule has 0 aliphatic carbocycles. The summed E-state index contributed by atoms with van der Waals surface area (Å²) >= 11 is 0. The van der Waals surface area contributed by atoms with Crippen LogP contribution < -0.4 is 9.30 Å². The topological polar surface area (TPSA) is 30.9 Å². The van der Waals surface area contributed by atoms with Gasteiger partial charge in [-0.25, -0.2) is 4.98 Å². The molecule has 0 radical (unpaired) electrons. The van der Waals surface area contributed by atoms with Crippen molar-refractivity contribution in [3.05, 3.63) is 109 Å². The van der Waals surface area contributed by atoms with Gasteiger partial charge in [-0.15, -0.1) is 0 Å². The average molecular weight is 469 g/mol. The van der Waals surface area contributed by atoms with Crippen LogP contribution in [0.15, 0.2) is 109 Å². The molecule has 0 bridgehead atoms. The van der Waals surface area contributed by atoms with Crippen LogP contribution in [-0.4, -0.2) is 16.2 Å². The zero-order valence-corrected chi connectivity index (χ0v) is 20.0. The van der Waals surface area contributed by atoms with E-state index in [1.165, 1.54) is 22.0 Å². The summed E-state index contributed by atoms with van der Waals surface area (Å²) in [4.78, 5) is 5.02. The number of hydrogen-bond donors (Lipinski definition) is 0. The summed E-state index contributed by atoms with van der Waals surface area (Å²) in [5.41, 5.74) is 7.89. The van der Waals surface area contributed by atoms with Crippen molar-refractivity contribution in [1.82, 2.24) is 9.55 Å². The first-order valence-electron chi connectivity index (χ1n) is 12.6. The Hall–Kier alpha value is -4.44. The summed E-state index contributed by atoms with van der Waals surface area (Å²) in [6.45, 7) is 1.80. The van der Waals surface area contributed by atoms with Gasteiger partial charge in [0.2, 0.25) is 0 Å². The summed E-state index contributed by atoms with van der Waals surface area (Å²) < 4.78 is 10.7. The number of benzene rings is 4. The normalized spacial score (nSPS) is 13.3. The van der Waals surface area contributed by atoms with Crippen molar-refractivity contribution >= 4 is 21.9 Å². The predicted octanol–water partition coefficient (Wildman–Crippen LogP) is 6.97. The van der Waals surface area contributed by atoms with Gasteiger partial charge in [0.1, 0.15) is 12.4 Å². The SMILES string of the molecule is c1ccc(-n2c(-c3ccc(-c4ccc5c6c4ccc[n+]6CCCCO5)cc3)nc3ccccc32)cc1. The largest absolute Gasteiger partial charge is 0.487 e. The van der Waals surface area contributed by atoms with E-state index >= 15 is 0 Å². The summed E-state index contributed by atoms with van der Waals surface area (Å²) in [6, 6.07) is 36.2. The van der Waals surface area contributed by atoms with Gasteiger partial charge < -0.3 is 4.74 Å². The molecule has 174 valence electrons. The van der Waals surface area contributed by atoms with E-state index in [1.807, 2.05) is 12.1 Å². The van der Waals surface area contributed by atoms with Gasteiger partial charge in [-0.05, 0) is 60.0 Å². The maximum Gasteiger partial charge on any atom is 0.255 e. The van der Waals surface area contributed by atoms with Gasteiger partial charge in [0.25, 0.3) is 5.52 Å². The average Bonchev–Trinajstić information content (AvgIpc) is 3.31. The van der Waals surface area contributed by atoms with Crippen LogP contribution in [0.25, 0.3) is 50.1 Å². The van der Waals surface area contributed by atoms with Crippen LogP contribution >= 0.6 is 0 Å². The molecule has 2 aromatic heterocycles. The maximum absolute atomic E-state index is 6.12. The molecule has 4 heteroatoms. The van der Waals surface area contributed by atoms with Crippen LogP contribution in [0.2, 0.25) is 0 Å². The molecular weight excluding hydrogens is 442 g/mol. The smallest absolute Gasteiger partial charge is 0.255 e. The number of rotatable bonds is 3. The first-order chi connectivity index (χ1) is 17.9. The molecule has 1 aliphatic heterocycles. The van der Waals surface area contributed by atoms with E-state index in [0.717, 1.165) is 59.9 Å². The second-order valence-electron chi connectivity index (χ2n) is 9.30. The highest BCUT2D eigenvalue weighted by atomic mass is 16.5. The number of aryl methyl sites for hydroxylation is 1. The number of aromatic nitrogens is 3. The van der Waals surface area contributed by atoms with Crippen molar-refractivity contribution in [2.24, 2.45) is 0 Å². The van der Waals surface area contributed by atoms with E-state index in [1.54, 1.807) is 0 Å². The van der Waals surface area contributed by atoms with Crippen LogP contribution in [0.1, 0.15) is 12.8 Å². The van der Waals surface area contributed by atoms with Crippen molar-refractivity contribution in [2.75, 3.05) is 6.61 Å². The van der Waals surface area contributed by atoms with Gasteiger partial charge in [0.05, 0.1) is 23.0 Å². The molecule has 0 unspecified atom stereocenters. The molecular formula is C32H26N3O+. The molecule has 1 aliphatic rings. The third-order valence-electron chi connectivity index (χ3n) is 7.08. The highest BCUT2D eigenvalue weighted by Crippen LogP contribution is 2.35. The van der Waals surface area contributed by atoms with Gasteiger partial charge in [0.15, 0.2) is 11.9 Å². The zero-order valence-electron chi connectivity index (χ0n) is 20.0. The number of ether oxygens (including phenoxy) is 1. The van der Waals surface area contributed by atoms with Gasteiger partial charge >= 0.3 is 0 Å². The molecule has 0 N–H and O–H groups in total. The first-order valence-corrected chi connectivity index (χ1v) is 12.6. The Morgan fingerprint density at radius 3 is 2.42 bits per heavy atom. The minimum Gasteiger partial charge on any atom is -0.487 e. The van der Waals surface area contributed by atoms with Crippen LogP contribution in [0.5, 0.6) is 5.75 Å². The fourth-order valence-electron chi connectivity index (χ4n) is 5.35. The van der Waals surface area contributed by atoms with E-state index in [4.69, 9.17) is 9.72 Å². The summed E-state index contributed by atoms with van der Waals surface area (Å²) in [5.74, 6) is 1.92. The second kappa shape index (κ2) is 8.65. The van der Waals surface area contributed by atoms with Crippen molar-refractivity contribution in [3.63, 3.8) is 0 Å². The van der Waals surface area contributed by atoms with Crippen molar-refractivity contribution in [3.8, 4) is 34.0 Å². The van der Waals surface area contributed by atoms with E-state index in [0.29, 0.717) is 0 Å². The van der Waals surface area contributed by atoms with E-state index < -0.39 is 0 Å². The number of fused-ring (bicyclic) bond motifs is 1. The molecule has 0 fully saturated rings. The van der Waals surface area contributed by atoms with Crippen molar-refractivity contribution in [2.45, 2.75) is 19.4 Å². The molecule has 6 aromatic rings. The minimum atomic E-state index is 0.778. The Balaban J connectivity index is 1.36. The molecule has 4 aromatic carbocycles. The lowest BCUT2D eigenvalue weighted by molar-refractivity contribution is -0.672. The lowest BCUT2D eigenvalue weighted by Gasteiger charge is -2.14. The fourth-order valence-corrected chi connectivity index (χ4v) is 5.35. The monoisotopic (exact) mass is 468 g/mol. The Bertz CT molecular complexity index is 1690. The highest BCUT2D eigenvalue weighted by Gasteiger charge is 2.20. The van der Waals surface area contributed by atoms with Gasteiger partial charge in [-0.1, -0.05) is 54.6 Å². The third kappa shape index (κ3) is 3.45. The van der Waals surface area contributed by atoms with E-state index in [2.05, 4.69) is 106 Å². The van der Waals surface area contributed by atoms with Crippen LogP contribution in [0, 0.1) is 0 Å². The number of pyridine rings is 1. The van der Waals surface area contributed by atoms with Crippen LogP contribution in [0.4, 0.5) is 0 Å². The molecule has 0 saturated heterocycles. The van der Waals surface area contributed by atoms with Crippen molar-refractivity contribution < 1.29 is 9.30 Å². The molecule has 0 amide bonds. The Morgan fingerprint density at radius 1 is 0.722 bits per heavy atom. The molecule has 3 heterocycles. The fraction of sp³-hybridized carbons (Fsp3) is 0.125. The summed E-state index contributed by atoms with van der Waals surface area (Å²) in [5, 5.41) is 1.22. The maximum atomic E-state index is 6.12. The molecule has 4 nitrogen and oxygen atoms in total. The molecule has 0 saturated carbocycles. The van der Waals surface area contributed by atoms with E-state index in [-0.39, 0.29) is 0 Å². The van der Waals surface area contributed by atoms with Crippen LogP contribution in [-0.2, 0) is 6.54 Å². The van der Waals surface area contributed by atoms with Gasteiger partial charge in [-0.3, -0.25) is 4.57 Å². The Morgan fingerprint density at radius 2 is 1.53 bits per heavy atom. The first kappa shape index (κ1) is 20.9. The number of imidazole rings is 1. The molecule has 0 spiro atoms. The lowest BCUT2D eigenvalue weighted by atomic mass is 9.98. The quantitative estimate of drug-likeness (QED) is 0.263. The number of nitrogens with zero attached hydrogens (tertiary/aromatic N) is 3. The van der Waals surface area contributed by atoms with E-state index in [9.17, 15) is 0 Å². The third-order valence-corrected chi connectivity index (χ3v) is 7.08.